The zero-order valence-electron chi connectivity index (χ0n) is 13.4. The number of nitrogens with one attached hydrogen (secondary N) is 2. The van der Waals surface area contributed by atoms with Gasteiger partial charge in [-0.1, -0.05) is 0 Å². The number of benzene rings is 1. The van der Waals surface area contributed by atoms with E-state index in [0.29, 0.717) is 17.0 Å². The van der Waals surface area contributed by atoms with Crippen LogP contribution in [0.1, 0.15) is 22.1 Å². The first-order valence-electron chi connectivity index (χ1n) is 8.05. The Morgan fingerprint density at radius 1 is 1.28 bits per heavy atom. The van der Waals surface area contributed by atoms with E-state index in [9.17, 15) is 4.79 Å². The molecule has 130 valence electrons. The monoisotopic (exact) mass is 342 g/mol. The van der Waals surface area contributed by atoms with E-state index in [1.165, 1.54) is 0 Å². The molecule has 0 aliphatic carbocycles. The van der Waals surface area contributed by atoms with Gasteiger partial charge in [0.05, 0.1) is 18.9 Å². The van der Waals surface area contributed by atoms with Crippen LogP contribution in [0.2, 0.25) is 0 Å². The molecule has 1 atom stereocenters. The minimum Gasteiger partial charge on any atom is -0.464 e. The molecule has 0 saturated carbocycles. The summed E-state index contributed by atoms with van der Waals surface area (Å²) in [5.41, 5.74) is 3.56. The number of carbonyl (C=O) groups is 1. The molecule has 0 bridgehead atoms. The van der Waals surface area contributed by atoms with Gasteiger partial charge in [-0.3, -0.25) is 10.0 Å². The number of rotatable bonds is 3. The minimum absolute atomic E-state index is 0.346. The Kier molecular flexibility index (Phi) is 4.12. The zero-order chi connectivity index (χ0) is 17.2. The Hall–Kier alpha value is -2.84. The van der Waals surface area contributed by atoms with Crippen LogP contribution >= 0.6 is 0 Å². The van der Waals surface area contributed by atoms with Gasteiger partial charge in [0.2, 0.25) is 0 Å². The molecule has 2 aromatic rings. The van der Waals surface area contributed by atoms with Crippen LogP contribution in [0.15, 0.2) is 36.5 Å². The average Bonchev–Trinajstić information content (AvgIpc) is 3.11. The summed E-state index contributed by atoms with van der Waals surface area (Å²) in [6.07, 6.45) is 1.42. The standard InChI is InChI=1S/C17H18N4O4/c22-16(20-23)11-1-3-14-13(9-11)19-17(25-14)12-2-4-15(18-10-12)21-5-7-24-8-6-21/h1-4,9-10,17,19,23H,5-8H2,(H,20,22). The molecule has 8 nitrogen and oxygen atoms in total. The lowest BCUT2D eigenvalue weighted by molar-refractivity contribution is 0.0706. The van der Waals surface area contributed by atoms with Crippen molar-refractivity contribution >= 4 is 17.4 Å². The number of hydrogen-bond acceptors (Lipinski definition) is 7. The van der Waals surface area contributed by atoms with Crippen LogP contribution in [0.4, 0.5) is 11.5 Å². The van der Waals surface area contributed by atoms with Crippen LogP contribution in [0.25, 0.3) is 0 Å². The number of amides is 1. The highest BCUT2D eigenvalue weighted by molar-refractivity contribution is 5.95. The van der Waals surface area contributed by atoms with Gasteiger partial charge in [-0.25, -0.2) is 10.5 Å². The number of nitrogens with zero attached hydrogens (tertiary/aromatic N) is 2. The lowest BCUT2D eigenvalue weighted by atomic mass is 10.2. The van der Waals surface area contributed by atoms with Crippen LogP contribution < -0.4 is 20.4 Å². The quantitative estimate of drug-likeness (QED) is 0.575. The first kappa shape index (κ1) is 15.7. The Labute approximate surface area is 144 Å². The maximum atomic E-state index is 11.5. The third kappa shape index (κ3) is 3.09. The second-order valence-electron chi connectivity index (χ2n) is 5.84. The molecule has 1 aromatic carbocycles. The van der Waals surface area contributed by atoms with Gasteiger partial charge in [0.15, 0.2) is 6.23 Å². The first-order chi connectivity index (χ1) is 12.2. The molecule has 1 unspecified atom stereocenters. The summed E-state index contributed by atoms with van der Waals surface area (Å²) in [5, 5.41) is 11.9. The molecule has 3 heterocycles. The predicted molar refractivity (Wildman–Crippen MR) is 90.0 cm³/mol. The van der Waals surface area contributed by atoms with E-state index in [2.05, 4.69) is 15.2 Å². The van der Waals surface area contributed by atoms with Gasteiger partial charge in [0.1, 0.15) is 11.6 Å². The summed E-state index contributed by atoms with van der Waals surface area (Å²) < 4.78 is 11.2. The fourth-order valence-electron chi connectivity index (χ4n) is 2.93. The zero-order valence-corrected chi connectivity index (χ0v) is 13.4. The number of hydrogen-bond donors (Lipinski definition) is 3. The van der Waals surface area contributed by atoms with Crippen LogP contribution in [0.5, 0.6) is 5.75 Å². The molecule has 0 radical (unpaired) electrons. The van der Waals surface area contributed by atoms with Crippen molar-refractivity contribution < 1.29 is 19.5 Å². The third-order valence-corrected chi connectivity index (χ3v) is 4.28. The van der Waals surface area contributed by atoms with Gasteiger partial charge in [0.25, 0.3) is 5.91 Å². The first-order valence-corrected chi connectivity index (χ1v) is 8.05. The molecule has 1 aromatic heterocycles. The number of ether oxygens (including phenoxy) is 2. The Morgan fingerprint density at radius 3 is 2.84 bits per heavy atom. The molecule has 3 N–H and O–H groups in total. The largest absolute Gasteiger partial charge is 0.464 e. The van der Waals surface area contributed by atoms with Crippen LogP contribution in [0.3, 0.4) is 0 Å². The fourth-order valence-corrected chi connectivity index (χ4v) is 2.93. The van der Waals surface area contributed by atoms with Crippen molar-refractivity contribution in [3.8, 4) is 5.75 Å². The van der Waals surface area contributed by atoms with Gasteiger partial charge < -0.3 is 19.7 Å². The highest BCUT2D eigenvalue weighted by Crippen LogP contribution is 2.38. The molecular formula is C17H18N4O4. The van der Waals surface area contributed by atoms with Crippen molar-refractivity contribution in [2.45, 2.75) is 6.23 Å². The van der Waals surface area contributed by atoms with Crippen molar-refractivity contribution in [3.05, 3.63) is 47.7 Å². The van der Waals surface area contributed by atoms with Gasteiger partial charge in [-0.15, -0.1) is 0 Å². The maximum absolute atomic E-state index is 11.5. The summed E-state index contributed by atoms with van der Waals surface area (Å²) in [6.45, 7) is 3.11. The fraction of sp³-hybridized carbons (Fsp3) is 0.294. The van der Waals surface area contributed by atoms with Crippen molar-refractivity contribution in [2.24, 2.45) is 0 Å². The average molecular weight is 342 g/mol. The van der Waals surface area contributed by atoms with E-state index in [4.69, 9.17) is 14.7 Å². The summed E-state index contributed by atoms with van der Waals surface area (Å²) in [7, 11) is 0. The SMILES string of the molecule is O=C(NO)c1ccc2c(c1)NC(c1ccc(N3CCOCC3)nc1)O2. The Bertz CT molecular complexity index is 775. The van der Waals surface area contributed by atoms with Crippen LogP contribution in [0, 0.1) is 0 Å². The van der Waals surface area contributed by atoms with Crippen molar-refractivity contribution in [3.63, 3.8) is 0 Å². The topological polar surface area (TPSA) is 96.0 Å². The number of pyridine rings is 1. The van der Waals surface area contributed by atoms with Crippen molar-refractivity contribution in [1.29, 1.82) is 0 Å². The highest BCUT2D eigenvalue weighted by atomic mass is 16.5. The molecule has 1 saturated heterocycles. The molecule has 4 rings (SSSR count). The van der Waals surface area contributed by atoms with Crippen molar-refractivity contribution in [1.82, 2.24) is 10.5 Å². The second kappa shape index (κ2) is 6.58. The molecule has 0 spiro atoms. The van der Waals surface area contributed by atoms with E-state index in [1.54, 1.807) is 29.9 Å². The van der Waals surface area contributed by atoms with E-state index in [0.717, 1.165) is 37.7 Å². The summed E-state index contributed by atoms with van der Waals surface area (Å²) >= 11 is 0. The number of fused-ring (bicyclic) bond motifs is 1. The van der Waals surface area contributed by atoms with Gasteiger partial charge in [0, 0.05) is 30.4 Å². The van der Waals surface area contributed by atoms with E-state index in [-0.39, 0.29) is 6.23 Å². The molecule has 1 fully saturated rings. The van der Waals surface area contributed by atoms with E-state index < -0.39 is 5.91 Å². The summed E-state index contributed by atoms with van der Waals surface area (Å²) in [5.74, 6) is 1.01. The van der Waals surface area contributed by atoms with Gasteiger partial charge >= 0.3 is 0 Å². The number of aromatic nitrogens is 1. The molecule has 25 heavy (non-hydrogen) atoms. The van der Waals surface area contributed by atoms with Gasteiger partial charge in [-0.05, 0) is 30.3 Å². The second-order valence-corrected chi connectivity index (χ2v) is 5.84. The normalized spacial score (nSPS) is 18.9. The molecule has 2 aliphatic rings. The van der Waals surface area contributed by atoms with Gasteiger partial charge in [-0.2, -0.15) is 0 Å². The third-order valence-electron chi connectivity index (χ3n) is 4.28. The summed E-state index contributed by atoms with van der Waals surface area (Å²) in [4.78, 5) is 18.2. The van der Waals surface area contributed by atoms with Crippen LogP contribution in [-0.4, -0.2) is 42.4 Å². The van der Waals surface area contributed by atoms with Crippen molar-refractivity contribution in [2.75, 3.05) is 36.5 Å². The molecular weight excluding hydrogens is 324 g/mol. The maximum Gasteiger partial charge on any atom is 0.274 e. The number of hydroxylamine groups is 1. The number of anilines is 2. The van der Waals surface area contributed by atoms with E-state index in [1.807, 2.05) is 12.1 Å². The lowest BCUT2D eigenvalue weighted by Gasteiger charge is -2.27. The molecule has 2 aliphatic heterocycles. The Morgan fingerprint density at radius 2 is 2.12 bits per heavy atom. The summed E-state index contributed by atoms with van der Waals surface area (Å²) in [6, 6.07) is 8.87. The number of carbonyl (C=O) groups excluding carboxylic acids is 1. The highest BCUT2D eigenvalue weighted by Gasteiger charge is 2.25. The van der Waals surface area contributed by atoms with E-state index >= 15 is 0 Å². The number of morpholine rings is 1. The smallest absolute Gasteiger partial charge is 0.274 e. The predicted octanol–water partition coefficient (Wildman–Crippen LogP) is 1.54. The lowest BCUT2D eigenvalue weighted by Crippen LogP contribution is -2.36. The molecule has 8 heteroatoms. The van der Waals surface area contributed by atoms with Crippen LogP contribution in [-0.2, 0) is 4.74 Å². The molecule has 1 amide bonds. The minimum atomic E-state index is -0.565. The Balaban J connectivity index is 1.48.